The molecule has 1 aromatic heterocycles. The van der Waals surface area contributed by atoms with Crippen LogP contribution < -0.4 is 10.2 Å². The maximum absolute atomic E-state index is 13.3. The number of aryl methyl sites for hydroxylation is 1. The van der Waals surface area contributed by atoms with Gasteiger partial charge in [0.05, 0.1) is 6.54 Å². The van der Waals surface area contributed by atoms with Crippen LogP contribution in [0.15, 0.2) is 36.5 Å². The van der Waals surface area contributed by atoms with E-state index in [4.69, 9.17) is 0 Å². The summed E-state index contributed by atoms with van der Waals surface area (Å²) in [7, 11) is 1.80. The normalized spacial score (nSPS) is 14.0. The van der Waals surface area contributed by atoms with Crippen molar-refractivity contribution in [1.82, 2.24) is 4.98 Å². The molecule has 3 rings (SSSR count). The van der Waals surface area contributed by atoms with Gasteiger partial charge in [0.25, 0.3) is 0 Å². The fourth-order valence-corrected chi connectivity index (χ4v) is 2.66. The highest BCUT2D eigenvalue weighted by Crippen LogP contribution is 2.30. The third-order valence-corrected chi connectivity index (χ3v) is 3.70. The summed E-state index contributed by atoms with van der Waals surface area (Å²) in [5.74, 6) is 0.542. The highest BCUT2D eigenvalue weighted by Gasteiger charge is 2.25. The first kappa shape index (κ1) is 13.5. The van der Waals surface area contributed by atoms with Crippen LogP contribution >= 0.6 is 0 Å². The number of anilines is 2. The zero-order valence-corrected chi connectivity index (χ0v) is 11.8. The Morgan fingerprint density at radius 1 is 1.33 bits per heavy atom. The number of nitrogens with zero attached hydrogens (tertiary/aromatic N) is 2. The maximum atomic E-state index is 13.3. The summed E-state index contributed by atoms with van der Waals surface area (Å²) >= 11 is 0. The van der Waals surface area contributed by atoms with E-state index in [9.17, 15) is 9.18 Å². The fourth-order valence-electron chi connectivity index (χ4n) is 2.66. The number of carbonyl (C=O) groups is 1. The van der Waals surface area contributed by atoms with Gasteiger partial charge in [-0.25, -0.2) is 9.37 Å². The average molecular weight is 285 g/mol. The zero-order valence-electron chi connectivity index (χ0n) is 11.8. The van der Waals surface area contributed by atoms with Crippen molar-refractivity contribution in [3.05, 3.63) is 53.5 Å². The molecule has 1 amide bonds. The number of aromatic nitrogens is 1. The summed E-state index contributed by atoms with van der Waals surface area (Å²) in [5, 5.41) is 3.02. The summed E-state index contributed by atoms with van der Waals surface area (Å²) in [5.41, 5.74) is 2.61. The summed E-state index contributed by atoms with van der Waals surface area (Å²) in [4.78, 5) is 18.2. The predicted molar refractivity (Wildman–Crippen MR) is 79.7 cm³/mol. The zero-order chi connectivity index (χ0) is 14.8. The lowest BCUT2D eigenvalue weighted by Crippen LogP contribution is -2.34. The van der Waals surface area contributed by atoms with E-state index in [1.165, 1.54) is 12.1 Å². The van der Waals surface area contributed by atoms with Crippen LogP contribution in [0.5, 0.6) is 0 Å². The summed E-state index contributed by atoms with van der Waals surface area (Å²) in [6.07, 6.45) is 2.70. The molecular formula is C16H16FN3O. The third kappa shape index (κ3) is 2.59. The van der Waals surface area contributed by atoms with Crippen molar-refractivity contribution in [3.8, 4) is 0 Å². The maximum Gasteiger partial charge on any atom is 0.227 e. The topological polar surface area (TPSA) is 45.2 Å². The number of benzene rings is 1. The molecule has 1 N–H and O–H groups in total. The molecule has 2 heterocycles. The van der Waals surface area contributed by atoms with Gasteiger partial charge in [0.15, 0.2) is 0 Å². The molecule has 2 aromatic rings. The van der Waals surface area contributed by atoms with Gasteiger partial charge in [-0.15, -0.1) is 0 Å². The largest absolute Gasteiger partial charge is 0.373 e. The van der Waals surface area contributed by atoms with Crippen molar-refractivity contribution in [2.24, 2.45) is 0 Å². The van der Waals surface area contributed by atoms with E-state index >= 15 is 0 Å². The van der Waals surface area contributed by atoms with Gasteiger partial charge in [0, 0.05) is 30.9 Å². The van der Waals surface area contributed by atoms with E-state index in [-0.39, 0.29) is 11.7 Å². The van der Waals surface area contributed by atoms with Crippen molar-refractivity contribution in [3.63, 3.8) is 0 Å². The number of hydrogen-bond donors (Lipinski definition) is 1. The minimum absolute atomic E-state index is 0.0556. The SMILES string of the molecule is CNc1ncccc1CN1C(=O)CCc2cc(F)ccc21. The number of carbonyl (C=O) groups excluding carboxylic acids is 1. The van der Waals surface area contributed by atoms with Crippen LogP contribution in [-0.2, 0) is 17.8 Å². The van der Waals surface area contributed by atoms with Crippen molar-refractivity contribution in [2.45, 2.75) is 19.4 Å². The molecule has 0 saturated carbocycles. The van der Waals surface area contributed by atoms with E-state index in [2.05, 4.69) is 10.3 Å². The second-order valence-corrected chi connectivity index (χ2v) is 5.01. The summed E-state index contributed by atoms with van der Waals surface area (Å²) in [6, 6.07) is 8.36. The summed E-state index contributed by atoms with van der Waals surface area (Å²) in [6.45, 7) is 0.432. The van der Waals surface area contributed by atoms with Crippen LogP contribution in [-0.4, -0.2) is 17.9 Å². The molecule has 4 nitrogen and oxygen atoms in total. The molecule has 1 aromatic carbocycles. The minimum Gasteiger partial charge on any atom is -0.373 e. The van der Waals surface area contributed by atoms with Crippen LogP contribution in [0.4, 0.5) is 15.9 Å². The Labute approximate surface area is 122 Å². The molecule has 0 unspecified atom stereocenters. The monoisotopic (exact) mass is 285 g/mol. The first-order valence-electron chi connectivity index (χ1n) is 6.89. The number of amides is 1. The van der Waals surface area contributed by atoms with Gasteiger partial charge in [0.1, 0.15) is 11.6 Å². The Hall–Kier alpha value is -2.43. The van der Waals surface area contributed by atoms with Crippen LogP contribution in [0.25, 0.3) is 0 Å². The van der Waals surface area contributed by atoms with Crippen molar-refractivity contribution < 1.29 is 9.18 Å². The highest BCUT2D eigenvalue weighted by molar-refractivity contribution is 5.96. The van der Waals surface area contributed by atoms with Gasteiger partial charge in [-0.1, -0.05) is 6.07 Å². The van der Waals surface area contributed by atoms with Crippen molar-refractivity contribution in [1.29, 1.82) is 0 Å². The lowest BCUT2D eigenvalue weighted by Gasteiger charge is -2.30. The Kier molecular flexibility index (Phi) is 3.56. The molecule has 0 saturated heterocycles. The number of nitrogens with one attached hydrogen (secondary N) is 1. The second kappa shape index (κ2) is 5.52. The standard InChI is InChI=1S/C16H16FN3O/c1-18-16-12(3-2-8-19-16)10-20-14-6-5-13(17)9-11(14)4-7-15(20)21/h2-3,5-6,8-9H,4,7,10H2,1H3,(H,18,19). The molecule has 0 fully saturated rings. The quantitative estimate of drug-likeness (QED) is 0.943. The number of rotatable bonds is 3. The smallest absolute Gasteiger partial charge is 0.227 e. The molecule has 0 atom stereocenters. The van der Waals surface area contributed by atoms with Crippen LogP contribution in [0.1, 0.15) is 17.5 Å². The lowest BCUT2D eigenvalue weighted by molar-refractivity contribution is -0.119. The van der Waals surface area contributed by atoms with Crippen molar-refractivity contribution >= 4 is 17.4 Å². The van der Waals surface area contributed by atoms with Crippen LogP contribution in [0, 0.1) is 5.82 Å². The highest BCUT2D eigenvalue weighted by atomic mass is 19.1. The van der Waals surface area contributed by atoms with Gasteiger partial charge in [-0.05, 0) is 36.2 Å². The first-order chi connectivity index (χ1) is 10.2. The van der Waals surface area contributed by atoms with E-state index in [0.717, 1.165) is 22.6 Å². The van der Waals surface area contributed by atoms with E-state index in [0.29, 0.717) is 19.4 Å². The Morgan fingerprint density at radius 2 is 2.19 bits per heavy atom. The average Bonchev–Trinajstić information content (AvgIpc) is 2.50. The molecule has 21 heavy (non-hydrogen) atoms. The number of hydrogen-bond acceptors (Lipinski definition) is 3. The Bertz CT molecular complexity index is 687. The Balaban J connectivity index is 1.97. The number of pyridine rings is 1. The fraction of sp³-hybridized carbons (Fsp3) is 0.250. The van der Waals surface area contributed by atoms with Gasteiger partial charge in [0.2, 0.25) is 5.91 Å². The molecule has 0 bridgehead atoms. The molecular weight excluding hydrogens is 269 g/mol. The Morgan fingerprint density at radius 3 is 3.00 bits per heavy atom. The molecule has 0 aliphatic carbocycles. The van der Waals surface area contributed by atoms with E-state index in [1.807, 2.05) is 12.1 Å². The van der Waals surface area contributed by atoms with Gasteiger partial charge >= 0.3 is 0 Å². The molecule has 1 aliphatic heterocycles. The molecule has 5 heteroatoms. The van der Waals surface area contributed by atoms with E-state index in [1.54, 1.807) is 24.2 Å². The van der Waals surface area contributed by atoms with Gasteiger partial charge in [-0.3, -0.25) is 4.79 Å². The second-order valence-electron chi connectivity index (χ2n) is 5.01. The summed E-state index contributed by atoms with van der Waals surface area (Å²) < 4.78 is 13.3. The first-order valence-corrected chi connectivity index (χ1v) is 6.89. The molecule has 0 spiro atoms. The molecule has 1 aliphatic rings. The third-order valence-electron chi connectivity index (χ3n) is 3.70. The van der Waals surface area contributed by atoms with E-state index < -0.39 is 0 Å². The van der Waals surface area contributed by atoms with Crippen LogP contribution in [0.3, 0.4) is 0 Å². The minimum atomic E-state index is -0.264. The van der Waals surface area contributed by atoms with Crippen molar-refractivity contribution in [2.75, 3.05) is 17.3 Å². The van der Waals surface area contributed by atoms with Gasteiger partial charge in [-0.2, -0.15) is 0 Å². The molecule has 108 valence electrons. The number of halogens is 1. The lowest BCUT2D eigenvalue weighted by atomic mass is 10.0. The van der Waals surface area contributed by atoms with Crippen LogP contribution in [0.2, 0.25) is 0 Å². The molecule has 0 radical (unpaired) electrons. The number of fused-ring (bicyclic) bond motifs is 1. The van der Waals surface area contributed by atoms with Gasteiger partial charge < -0.3 is 10.2 Å². The predicted octanol–water partition coefficient (Wildman–Crippen LogP) is 2.74.